The first kappa shape index (κ1) is 13.5. The molecule has 5 nitrogen and oxygen atoms in total. The lowest BCUT2D eigenvalue weighted by Crippen LogP contribution is -2.14. The normalized spacial score (nSPS) is 11.0. The fourth-order valence-corrected chi connectivity index (χ4v) is 2.66. The van der Waals surface area contributed by atoms with Crippen molar-refractivity contribution in [2.45, 2.75) is 0 Å². The molecule has 0 saturated heterocycles. The molecule has 2 aromatic carbocycles. The third kappa shape index (κ3) is 1.94. The molecule has 0 aliphatic rings. The van der Waals surface area contributed by atoms with Crippen molar-refractivity contribution in [2.75, 3.05) is 7.11 Å². The number of fused-ring (bicyclic) bond motifs is 2. The number of carbonyl (C=O) groups is 1. The number of methoxy groups -OCH3 is 1. The van der Waals surface area contributed by atoms with E-state index in [0.29, 0.717) is 22.2 Å². The van der Waals surface area contributed by atoms with E-state index in [0.717, 1.165) is 0 Å². The van der Waals surface area contributed by atoms with Crippen LogP contribution in [-0.2, 0) is 0 Å². The number of hydrogen-bond acceptors (Lipinski definition) is 3. The van der Waals surface area contributed by atoms with Gasteiger partial charge in [-0.2, -0.15) is 0 Å². The lowest BCUT2D eigenvalue weighted by atomic mass is 10.1. The van der Waals surface area contributed by atoms with Gasteiger partial charge in [0.15, 0.2) is 5.43 Å². The van der Waals surface area contributed by atoms with E-state index in [1.807, 2.05) is 0 Å². The zero-order valence-corrected chi connectivity index (χ0v) is 11.8. The van der Waals surface area contributed by atoms with Crippen LogP contribution >= 0.6 is 11.6 Å². The Balaban J connectivity index is 2.63. The van der Waals surface area contributed by atoms with Crippen LogP contribution in [0, 0.1) is 0 Å². The topological polar surface area (TPSA) is 85.2 Å². The number of carbonyl (C=O) groups excluding carboxylic acids is 1. The summed E-state index contributed by atoms with van der Waals surface area (Å²) in [6.45, 7) is 0. The Hall–Kier alpha value is -2.53. The number of aromatic nitrogens is 1. The minimum absolute atomic E-state index is 0.208. The summed E-state index contributed by atoms with van der Waals surface area (Å²) in [5, 5.41) is 0.945. The number of primary amides is 1. The van der Waals surface area contributed by atoms with Crippen molar-refractivity contribution in [3.05, 3.63) is 51.1 Å². The Morgan fingerprint density at radius 3 is 2.67 bits per heavy atom. The van der Waals surface area contributed by atoms with Crippen LogP contribution in [0.2, 0.25) is 5.02 Å². The SMILES string of the molecule is COc1cccc2c(=O)c3c(Cl)ccc(C(N)=O)c3[nH]c12. The first-order chi connectivity index (χ1) is 10.0. The largest absolute Gasteiger partial charge is 0.495 e. The van der Waals surface area contributed by atoms with Crippen molar-refractivity contribution in [2.24, 2.45) is 5.73 Å². The van der Waals surface area contributed by atoms with Gasteiger partial charge in [0.1, 0.15) is 5.75 Å². The zero-order valence-electron chi connectivity index (χ0n) is 11.1. The highest BCUT2D eigenvalue weighted by Gasteiger charge is 2.16. The van der Waals surface area contributed by atoms with Crippen LogP contribution in [0.15, 0.2) is 35.1 Å². The molecule has 3 aromatic rings. The van der Waals surface area contributed by atoms with Gasteiger partial charge in [-0.3, -0.25) is 9.59 Å². The molecule has 0 saturated carbocycles. The standard InChI is InChI=1S/C15H11ClN2O3/c1-21-10-4-2-3-7-12(10)18-13-8(15(17)20)5-6-9(16)11(13)14(7)19/h2-6H,1H3,(H2,17,20)(H,18,19). The van der Waals surface area contributed by atoms with E-state index in [9.17, 15) is 9.59 Å². The number of halogens is 1. The molecule has 0 spiro atoms. The van der Waals surface area contributed by atoms with Gasteiger partial charge in [-0.1, -0.05) is 17.7 Å². The maximum Gasteiger partial charge on any atom is 0.250 e. The van der Waals surface area contributed by atoms with Crippen LogP contribution in [0.25, 0.3) is 21.8 Å². The second kappa shape index (κ2) is 4.79. The third-order valence-electron chi connectivity index (χ3n) is 3.39. The smallest absolute Gasteiger partial charge is 0.250 e. The zero-order chi connectivity index (χ0) is 15.1. The van der Waals surface area contributed by atoms with Gasteiger partial charge in [0.25, 0.3) is 5.91 Å². The quantitative estimate of drug-likeness (QED) is 0.713. The maximum atomic E-state index is 12.6. The fraction of sp³-hybridized carbons (Fsp3) is 0.0667. The molecule has 6 heteroatoms. The summed E-state index contributed by atoms with van der Waals surface area (Å²) in [5.41, 5.74) is 6.11. The van der Waals surface area contributed by atoms with Gasteiger partial charge < -0.3 is 15.5 Å². The van der Waals surface area contributed by atoms with Crippen molar-refractivity contribution in [3.8, 4) is 5.75 Å². The Morgan fingerprint density at radius 2 is 2.00 bits per heavy atom. The van der Waals surface area contributed by atoms with Crippen molar-refractivity contribution in [3.63, 3.8) is 0 Å². The Bertz CT molecular complexity index is 947. The number of H-pyrrole nitrogens is 1. The number of hydrogen-bond donors (Lipinski definition) is 2. The molecule has 3 rings (SSSR count). The molecule has 0 unspecified atom stereocenters. The van der Waals surface area contributed by atoms with E-state index in [1.165, 1.54) is 19.2 Å². The molecule has 21 heavy (non-hydrogen) atoms. The average Bonchev–Trinajstić information content (AvgIpc) is 2.46. The fourth-order valence-electron chi connectivity index (χ4n) is 2.41. The van der Waals surface area contributed by atoms with Crippen molar-refractivity contribution in [1.29, 1.82) is 0 Å². The molecule has 1 amide bonds. The molecule has 0 bridgehead atoms. The predicted octanol–water partition coefficient (Wildman–Crippen LogP) is 2.44. The number of amides is 1. The Morgan fingerprint density at radius 1 is 1.24 bits per heavy atom. The monoisotopic (exact) mass is 302 g/mol. The number of para-hydroxylation sites is 1. The highest BCUT2D eigenvalue weighted by Crippen LogP contribution is 2.28. The first-order valence-corrected chi connectivity index (χ1v) is 6.53. The summed E-state index contributed by atoms with van der Waals surface area (Å²) in [4.78, 5) is 27.2. The van der Waals surface area contributed by atoms with Gasteiger partial charge in [-0.25, -0.2) is 0 Å². The molecule has 0 fully saturated rings. The predicted molar refractivity (Wildman–Crippen MR) is 82.2 cm³/mol. The number of aromatic amines is 1. The molecule has 1 aromatic heterocycles. The highest BCUT2D eigenvalue weighted by molar-refractivity contribution is 6.36. The summed E-state index contributed by atoms with van der Waals surface area (Å²) < 4.78 is 5.24. The lowest BCUT2D eigenvalue weighted by Gasteiger charge is -2.10. The number of benzene rings is 2. The van der Waals surface area contributed by atoms with Gasteiger partial charge in [-0.15, -0.1) is 0 Å². The van der Waals surface area contributed by atoms with Gasteiger partial charge in [-0.05, 0) is 24.3 Å². The maximum absolute atomic E-state index is 12.6. The Kier molecular flexibility index (Phi) is 3.07. The highest BCUT2D eigenvalue weighted by atomic mass is 35.5. The molecule has 106 valence electrons. The van der Waals surface area contributed by atoms with E-state index in [-0.39, 0.29) is 21.4 Å². The molecule has 0 aliphatic carbocycles. The van der Waals surface area contributed by atoms with E-state index < -0.39 is 5.91 Å². The number of nitrogens with one attached hydrogen (secondary N) is 1. The van der Waals surface area contributed by atoms with Crippen molar-refractivity contribution < 1.29 is 9.53 Å². The summed E-state index contributed by atoms with van der Waals surface area (Å²) in [5.74, 6) is -0.136. The van der Waals surface area contributed by atoms with E-state index in [2.05, 4.69) is 4.98 Å². The molecule has 0 radical (unpaired) electrons. The second-order valence-corrected chi connectivity index (χ2v) is 4.95. The summed E-state index contributed by atoms with van der Waals surface area (Å²) in [6.07, 6.45) is 0. The first-order valence-electron chi connectivity index (χ1n) is 6.15. The molecule has 3 N–H and O–H groups in total. The molecular weight excluding hydrogens is 292 g/mol. The Labute approximate surface area is 124 Å². The molecule has 1 heterocycles. The molecule has 0 aliphatic heterocycles. The van der Waals surface area contributed by atoms with Crippen molar-refractivity contribution >= 4 is 39.3 Å². The minimum Gasteiger partial charge on any atom is -0.495 e. The van der Waals surface area contributed by atoms with E-state index in [4.69, 9.17) is 22.1 Å². The lowest BCUT2D eigenvalue weighted by molar-refractivity contribution is 0.100. The second-order valence-electron chi connectivity index (χ2n) is 4.55. The van der Waals surface area contributed by atoms with Crippen LogP contribution in [0.1, 0.15) is 10.4 Å². The summed E-state index contributed by atoms with van der Waals surface area (Å²) >= 11 is 6.11. The average molecular weight is 303 g/mol. The van der Waals surface area contributed by atoms with Gasteiger partial charge in [0, 0.05) is 5.39 Å². The number of pyridine rings is 1. The molecular formula is C15H11ClN2O3. The van der Waals surface area contributed by atoms with Crippen LogP contribution < -0.4 is 15.9 Å². The van der Waals surface area contributed by atoms with E-state index >= 15 is 0 Å². The third-order valence-corrected chi connectivity index (χ3v) is 3.70. The molecule has 0 atom stereocenters. The summed E-state index contributed by atoms with van der Waals surface area (Å²) in [7, 11) is 1.50. The van der Waals surface area contributed by atoms with E-state index in [1.54, 1.807) is 18.2 Å². The number of rotatable bonds is 2. The number of nitrogens with two attached hydrogens (primary N) is 1. The summed E-state index contributed by atoms with van der Waals surface area (Å²) in [6, 6.07) is 8.09. The van der Waals surface area contributed by atoms with Crippen LogP contribution in [0.4, 0.5) is 0 Å². The van der Waals surface area contributed by atoms with Crippen LogP contribution in [0.5, 0.6) is 5.75 Å². The van der Waals surface area contributed by atoms with Gasteiger partial charge in [0.05, 0.1) is 34.1 Å². The minimum atomic E-state index is -0.637. The van der Waals surface area contributed by atoms with Gasteiger partial charge in [0.2, 0.25) is 0 Å². The van der Waals surface area contributed by atoms with Crippen molar-refractivity contribution in [1.82, 2.24) is 4.98 Å². The van der Waals surface area contributed by atoms with Crippen LogP contribution in [-0.4, -0.2) is 18.0 Å². The van der Waals surface area contributed by atoms with Crippen LogP contribution in [0.3, 0.4) is 0 Å². The van der Waals surface area contributed by atoms with Gasteiger partial charge >= 0.3 is 0 Å². The number of ether oxygens (including phenoxy) is 1.